The molecule has 1 aliphatic rings. The van der Waals surface area contributed by atoms with E-state index < -0.39 is 0 Å². The predicted molar refractivity (Wildman–Crippen MR) is 117 cm³/mol. The van der Waals surface area contributed by atoms with Crippen LogP contribution in [0.1, 0.15) is 36.6 Å². The molecule has 0 unspecified atom stereocenters. The van der Waals surface area contributed by atoms with E-state index in [1.54, 1.807) is 0 Å². The topological polar surface area (TPSA) is 46.8 Å². The van der Waals surface area contributed by atoms with Crippen LogP contribution in [-0.4, -0.2) is 44.0 Å². The van der Waals surface area contributed by atoms with E-state index in [1.165, 1.54) is 35.9 Å². The molecule has 2 aromatic heterocycles. The van der Waals surface area contributed by atoms with Gasteiger partial charge in [-0.3, -0.25) is 4.98 Å². The minimum absolute atomic E-state index is 0.685. The van der Waals surface area contributed by atoms with Crippen molar-refractivity contribution in [2.24, 2.45) is 0 Å². The maximum atomic E-state index is 4.86. The SMILES string of the molecule is Cc1nc2ccc(CCN3CCC[C@H]3C)cc2cc1Cn1nnc2ccccc21. The first-order valence-corrected chi connectivity index (χ1v) is 10.6. The molecule has 148 valence electrons. The van der Waals surface area contributed by atoms with Gasteiger partial charge in [0.25, 0.3) is 0 Å². The van der Waals surface area contributed by atoms with E-state index in [1.807, 2.05) is 22.9 Å². The summed E-state index contributed by atoms with van der Waals surface area (Å²) >= 11 is 0. The second kappa shape index (κ2) is 7.56. The zero-order valence-corrected chi connectivity index (χ0v) is 17.2. The number of aromatic nitrogens is 4. The van der Waals surface area contributed by atoms with Crippen molar-refractivity contribution >= 4 is 21.9 Å². The van der Waals surface area contributed by atoms with E-state index in [-0.39, 0.29) is 0 Å². The molecule has 5 nitrogen and oxygen atoms in total. The maximum absolute atomic E-state index is 4.86. The van der Waals surface area contributed by atoms with Crippen molar-refractivity contribution in [3.63, 3.8) is 0 Å². The van der Waals surface area contributed by atoms with Gasteiger partial charge in [-0.2, -0.15) is 0 Å². The molecule has 29 heavy (non-hydrogen) atoms. The van der Waals surface area contributed by atoms with E-state index in [9.17, 15) is 0 Å². The molecule has 1 saturated heterocycles. The lowest BCUT2D eigenvalue weighted by Crippen LogP contribution is -2.28. The van der Waals surface area contributed by atoms with Gasteiger partial charge in [0.05, 0.1) is 17.6 Å². The summed E-state index contributed by atoms with van der Waals surface area (Å²) in [6.45, 7) is 7.50. The third kappa shape index (κ3) is 3.62. The summed E-state index contributed by atoms with van der Waals surface area (Å²) in [6.07, 6.45) is 3.76. The lowest BCUT2D eigenvalue weighted by Gasteiger charge is -2.20. The fraction of sp³-hybridized carbons (Fsp3) is 0.375. The van der Waals surface area contributed by atoms with Crippen LogP contribution in [0.5, 0.6) is 0 Å². The summed E-state index contributed by atoms with van der Waals surface area (Å²) in [5, 5.41) is 9.83. The molecule has 0 amide bonds. The average Bonchev–Trinajstić information content (AvgIpc) is 3.33. The molecule has 0 saturated carbocycles. The number of benzene rings is 2. The minimum Gasteiger partial charge on any atom is -0.300 e. The van der Waals surface area contributed by atoms with Crippen molar-refractivity contribution in [1.29, 1.82) is 0 Å². The highest BCUT2D eigenvalue weighted by molar-refractivity contribution is 5.80. The van der Waals surface area contributed by atoms with Gasteiger partial charge in [-0.05, 0) is 81.1 Å². The van der Waals surface area contributed by atoms with E-state index >= 15 is 0 Å². The van der Waals surface area contributed by atoms with Gasteiger partial charge in [-0.15, -0.1) is 5.10 Å². The van der Waals surface area contributed by atoms with Crippen molar-refractivity contribution in [3.05, 3.63) is 65.4 Å². The predicted octanol–water partition coefficient (Wildman–Crippen LogP) is 4.36. The fourth-order valence-corrected chi connectivity index (χ4v) is 4.47. The number of aryl methyl sites for hydroxylation is 1. The minimum atomic E-state index is 0.685. The molecule has 1 fully saturated rings. The Labute approximate surface area is 171 Å². The second-order valence-corrected chi connectivity index (χ2v) is 8.27. The third-order valence-electron chi connectivity index (χ3n) is 6.29. The Balaban J connectivity index is 1.41. The molecule has 2 aromatic carbocycles. The Bertz CT molecular complexity index is 1160. The number of para-hydroxylation sites is 1. The summed E-state index contributed by atoms with van der Waals surface area (Å²) in [7, 11) is 0. The molecular weight excluding hydrogens is 358 g/mol. The second-order valence-electron chi connectivity index (χ2n) is 8.27. The third-order valence-corrected chi connectivity index (χ3v) is 6.29. The molecular formula is C24H27N5. The van der Waals surface area contributed by atoms with Gasteiger partial charge in [-0.25, -0.2) is 4.68 Å². The summed E-state index contributed by atoms with van der Waals surface area (Å²) in [6, 6.07) is 17.8. The number of rotatable bonds is 5. The van der Waals surface area contributed by atoms with Gasteiger partial charge in [-0.1, -0.05) is 23.4 Å². The van der Waals surface area contributed by atoms with Crippen LogP contribution in [0.2, 0.25) is 0 Å². The average molecular weight is 386 g/mol. The van der Waals surface area contributed by atoms with Gasteiger partial charge in [0.1, 0.15) is 5.52 Å². The first-order valence-electron chi connectivity index (χ1n) is 10.6. The lowest BCUT2D eigenvalue weighted by atomic mass is 10.0. The Morgan fingerprint density at radius 3 is 2.83 bits per heavy atom. The van der Waals surface area contributed by atoms with Crippen LogP contribution >= 0.6 is 0 Å². The van der Waals surface area contributed by atoms with E-state index in [0.29, 0.717) is 6.54 Å². The molecule has 0 spiro atoms. The molecule has 0 radical (unpaired) electrons. The standard InChI is InChI=1S/C24H27N5/c1-17-6-5-12-28(17)13-11-19-9-10-22-20(14-19)15-21(18(2)25-22)16-29-24-8-4-3-7-23(24)26-27-29/h3-4,7-10,14-15,17H,5-6,11-13,16H2,1-2H3/t17-/m1/s1. The lowest BCUT2D eigenvalue weighted by molar-refractivity contribution is 0.272. The smallest absolute Gasteiger partial charge is 0.113 e. The number of hydrogen-bond acceptors (Lipinski definition) is 4. The quantitative estimate of drug-likeness (QED) is 0.512. The molecule has 3 heterocycles. The Morgan fingerprint density at radius 2 is 1.97 bits per heavy atom. The van der Waals surface area contributed by atoms with Gasteiger partial charge in [0.2, 0.25) is 0 Å². The van der Waals surface area contributed by atoms with Crippen LogP contribution < -0.4 is 0 Å². The molecule has 1 aliphatic heterocycles. The van der Waals surface area contributed by atoms with Crippen molar-refractivity contribution in [1.82, 2.24) is 24.9 Å². The molecule has 5 heteroatoms. The van der Waals surface area contributed by atoms with Crippen molar-refractivity contribution in [2.75, 3.05) is 13.1 Å². The monoisotopic (exact) mass is 385 g/mol. The largest absolute Gasteiger partial charge is 0.300 e. The molecule has 0 aliphatic carbocycles. The summed E-state index contributed by atoms with van der Waals surface area (Å²) in [4.78, 5) is 7.46. The fourth-order valence-electron chi connectivity index (χ4n) is 4.47. The van der Waals surface area contributed by atoms with Crippen LogP contribution in [-0.2, 0) is 13.0 Å². The maximum Gasteiger partial charge on any atom is 0.113 e. The summed E-state index contributed by atoms with van der Waals surface area (Å²) in [5.74, 6) is 0. The zero-order valence-electron chi connectivity index (χ0n) is 17.2. The van der Waals surface area contributed by atoms with Gasteiger partial charge in [0.15, 0.2) is 0 Å². The van der Waals surface area contributed by atoms with Crippen LogP contribution in [0.4, 0.5) is 0 Å². The zero-order chi connectivity index (χ0) is 19.8. The van der Waals surface area contributed by atoms with Gasteiger partial charge < -0.3 is 4.90 Å². The van der Waals surface area contributed by atoms with Crippen molar-refractivity contribution < 1.29 is 0 Å². The Hall–Kier alpha value is -2.79. The molecule has 4 aromatic rings. The molecule has 5 rings (SSSR count). The molecule has 1 atom stereocenters. The number of hydrogen-bond donors (Lipinski definition) is 0. The van der Waals surface area contributed by atoms with E-state index in [4.69, 9.17) is 4.98 Å². The summed E-state index contributed by atoms with van der Waals surface area (Å²) < 4.78 is 1.96. The highest BCUT2D eigenvalue weighted by atomic mass is 15.4. The first-order chi connectivity index (χ1) is 14.2. The van der Waals surface area contributed by atoms with Gasteiger partial charge >= 0.3 is 0 Å². The highest BCUT2D eigenvalue weighted by Crippen LogP contribution is 2.22. The van der Waals surface area contributed by atoms with E-state index in [2.05, 4.69) is 59.4 Å². The number of fused-ring (bicyclic) bond motifs is 2. The van der Waals surface area contributed by atoms with Crippen molar-refractivity contribution in [2.45, 2.75) is 45.7 Å². The highest BCUT2D eigenvalue weighted by Gasteiger charge is 2.19. The Kier molecular flexibility index (Phi) is 4.76. The number of nitrogens with zero attached hydrogens (tertiary/aromatic N) is 5. The van der Waals surface area contributed by atoms with Crippen LogP contribution in [0.15, 0.2) is 48.5 Å². The normalized spacial score (nSPS) is 17.5. The van der Waals surface area contributed by atoms with Crippen LogP contribution in [0.3, 0.4) is 0 Å². The van der Waals surface area contributed by atoms with E-state index in [0.717, 1.165) is 41.3 Å². The number of pyridine rings is 1. The van der Waals surface area contributed by atoms with Crippen LogP contribution in [0, 0.1) is 6.92 Å². The first kappa shape index (κ1) is 18.3. The summed E-state index contributed by atoms with van der Waals surface area (Å²) in [5.41, 5.74) is 6.68. The number of likely N-dealkylation sites (tertiary alicyclic amines) is 1. The Morgan fingerprint density at radius 1 is 1.07 bits per heavy atom. The molecule has 0 bridgehead atoms. The molecule has 0 N–H and O–H groups in total. The van der Waals surface area contributed by atoms with Gasteiger partial charge in [0, 0.05) is 23.7 Å². The van der Waals surface area contributed by atoms with Crippen LogP contribution in [0.25, 0.3) is 21.9 Å². The van der Waals surface area contributed by atoms with Crippen molar-refractivity contribution in [3.8, 4) is 0 Å².